The third kappa shape index (κ3) is 6.84. The summed E-state index contributed by atoms with van der Waals surface area (Å²) in [6.07, 6.45) is 4.49. The van der Waals surface area contributed by atoms with Gasteiger partial charge in [-0.2, -0.15) is 0 Å². The summed E-state index contributed by atoms with van der Waals surface area (Å²) in [5, 5.41) is 9.44. The molecule has 1 aliphatic heterocycles. The van der Waals surface area contributed by atoms with Crippen molar-refractivity contribution in [2.75, 3.05) is 32.0 Å². The van der Waals surface area contributed by atoms with Crippen LogP contribution in [-0.4, -0.2) is 54.5 Å². The summed E-state index contributed by atoms with van der Waals surface area (Å²) in [5.41, 5.74) is 2.41. The number of amides is 1. The monoisotopic (exact) mass is 408 g/mol. The smallest absolute Gasteiger partial charge is 0.227 e. The zero-order valence-corrected chi connectivity index (χ0v) is 17.9. The number of likely N-dealkylation sites (tertiary alicyclic amines) is 1. The quantitative estimate of drug-likeness (QED) is 0.462. The van der Waals surface area contributed by atoms with Gasteiger partial charge in [0.15, 0.2) is 5.96 Å². The molecule has 7 heteroatoms. The summed E-state index contributed by atoms with van der Waals surface area (Å²) < 4.78 is 0. The molecule has 30 heavy (non-hydrogen) atoms. The number of carbonyl (C=O) groups is 1. The molecule has 7 nitrogen and oxygen atoms in total. The first-order valence-electron chi connectivity index (χ1n) is 10.6. The maximum Gasteiger partial charge on any atom is 0.227 e. The molecule has 0 spiro atoms. The van der Waals surface area contributed by atoms with Gasteiger partial charge in [-0.05, 0) is 43.5 Å². The fraction of sp³-hybridized carbons (Fsp3) is 0.435. The van der Waals surface area contributed by atoms with E-state index in [1.165, 1.54) is 18.4 Å². The molecule has 1 fully saturated rings. The fourth-order valence-electron chi connectivity index (χ4n) is 3.63. The van der Waals surface area contributed by atoms with Crippen LogP contribution in [0.5, 0.6) is 0 Å². The summed E-state index contributed by atoms with van der Waals surface area (Å²) in [7, 11) is 1.75. The third-order valence-corrected chi connectivity index (χ3v) is 5.28. The SMILES string of the molecule is CN=C(NCCC(=O)Nc1ccc(C)cn1)NCC1CCCN1Cc1ccccc1. The van der Waals surface area contributed by atoms with Crippen molar-refractivity contribution < 1.29 is 4.79 Å². The molecule has 1 saturated heterocycles. The number of hydrogen-bond acceptors (Lipinski definition) is 4. The largest absolute Gasteiger partial charge is 0.356 e. The van der Waals surface area contributed by atoms with Gasteiger partial charge in [-0.3, -0.25) is 14.7 Å². The highest BCUT2D eigenvalue weighted by molar-refractivity contribution is 5.90. The number of anilines is 1. The second-order valence-corrected chi connectivity index (χ2v) is 7.65. The van der Waals surface area contributed by atoms with Gasteiger partial charge in [-0.1, -0.05) is 36.4 Å². The molecule has 0 bridgehead atoms. The van der Waals surface area contributed by atoms with Crippen LogP contribution in [0.15, 0.2) is 53.7 Å². The topological polar surface area (TPSA) is 81.6 Å². The number of nitrogens with zero attached hydrogens (tertiary/aromatic N) is 3. The van der Waals surface area contributed by atoms with Gasteiger partial charge in [0.05, 0.1) is 0 Å². The lowest BCUT2D eigenvalue weighted by Crippen LogP contribution is -2.45. The van der Waals surface area contributed by atoms with Crippen LogP contribution in [0, 0.1) is 6.92 Å². The number of guanidine groups is 1. The van der Waals surface area contributed by atoms with Gasteiger partial charge in [0.2, 0.25) is 5.91 Å². The van der Waals surface area contributed by atoms with Crippen LogP contribution in [0.4, 0.5) is 5.82 Å². The zero-order valence-electron chi connectivity index (χ0n) is 17.9. The molecule has 1 aromatic carbocycles. The van der Waals surface area contributed by atoms with Crippen LogP contribution < -0.4 is 16.0 Å². The number of aliphatic imine (C=N–C) groups is 1. The Morgan fingerprint density at radius 3 is 2.77 bits per heavy atom. The Kier molecular flexibility index (Phi) is 8.20. The molecule has 1 aromatic heterocycles. The van der Waals surface area contributed by atoms with E-state index >= 15 is 0 Å². The molecule has 1 atom stereocenters. The van der Waals surface area contributed by atoms with Crippen molar-refractivity contribution in [2.45, 2.75) is 38.8 Å². The fourth-order valence-corrected chi connectivity index (χ4v) is 3.63. The first kappa shape index (κ1) is 21.8. The van der Waals surface area contributed by atoms with Crippen molar-refractivity contribution in [1.29, 1.82) is 0 Å². The Hall–Kier alpha value is -2.93. The lowest BCUT2D eigenvalue weighted by Gasteiger charge is -2.25. The van der Waals surface area contributed by atoms with E-state index in [0.717, 1.165) is 31.2 Å². The summed E-state index contributed by atoms with van der Waals surface area (Å²) in [6.45, 7) is 5.42. The van der Waals surface area contributed by atoms with Gasteiger partial charge in [-0.15, -0.1) is 0 Å². The Morgan fingerprint density at radius 2 is 2.03 bits per heavy atom. The van der Waals surface area contributed by atoms with Crippen LogP contribution in [0.2, 0.25) is 0 Å². The van der Waals surface area contributed by atoms with Crippen molar-refractivity contribution in [3.8, 4) is 0 Å². The maximum absolute atomic E-state index is 12.1. The molecule has 0 saturated carbocycles. The minimum atomic E-state index is -0.0702. The van der Waals surface area contributed by atoms with E-state index in [1.807, 2.05) is 19.1 Å². The number of aromatic nitrogens is 1. The molecule has 160 valence electrons. The molecular formula is C23H32N6O. The number of nitrogens with one attached hydrogen (secondary N) is 3. The number of hydrogen-bond donors (Lipinski definition) is 3. The van der Waals surface area contributed by atoms with Crippen LogP contribution in [0.3, 0.4) is 0 Å². The molecule has 3 rings (SSSR count). The van der Waals surface area contributed by atoms with Crippen LogP contribution in [0.25, 0.3) is 0 Å². The van der Waals surface area contributed by atoms with E-state index in [4.69, 9.17) is 0 Å². The van der Waals surface area contributed by atoms with Crippen molar-refractivity contribution >= 4 is 17.7 Å². The predicted octanol–water partition coefficient (Wildman–Crippen LogP) is 2.55. The lowest BCUT2D eigenvalue weighted by atomic mass is 10.2. The number of benzene rings is 1. The first-order valence-corrected chi connectivity index (χ1v) is 10.6. The third-order valence-electron chi connectivity index (χ3n) is 5.28. The number of carbonyl (C=O) groups excluding carboxylic acids is 1. The molecule has 0 aliphatic carbocycles. The number of aryl methyl sites for hydroxylation is 1. The number of rotatable bonds is 8. The molecule has 1 amide bonds. The summed E-state index contributed by atoms with van der Waals surface area (Å²) in [6, 6.07) is 14.8. The van der Waals surface area contributed by atoms with Crippen LogP contribution >= 0.6 is 0 Å². The minimum absolute atomic E-state index is 0.0702. The van der Waals surface area contributed by atoms with E-state index in [0.29, 0.717) is 24.8 Å². The van der Waals surface area contributed by atoms with E-state index in [-0.39, 0.29) is 5.91 Å². The van der Waals surface area contributed by atoms with Gasteiger partial charge < -0.3 is 16.0 Å². The van der Waals surface area contributed by atoms with Gasteiger partial charge in [0.1, 0.15) is 5.82 Å². The van der Waals surface area contributed by atoms with Gasteiger partial charge in [-0.25, -0.2) is 4.98 Å². The summed E-state index contributed by atoms with van der Waals surface area (Å²) in [4.78, 5) is 23.1. The highest BCUT2D eigenvalue weighted by Crippen LogP contribution is 2.19. The van der Waals surface area contributed by atoms with Crippen molar-refractivity contribution in [1.82, 2.24) is 20.5 Å². The van der Waals surface area contributed by atoms with E-state index in [1.54, 1.807) is 13.2 Å². The Morgan fingerprint density at radius 1 is 1.20 bits per heavy atom. The molecular weight excluding hydrogens is 376 g/mol. The first-order chi connectivity index (χ1) is 14.6. The molecule has 2 heterocycles. The average molecular weight is 409 g/mol. The highest BCUT2D eigenvalue weighted by atomic mass is 16.1. The Bertz CT molecular complexity index is 821. The molecule has 3 N–H and O–H groups in total. The minimum Gasteiger partial charge on any atom is -0.356 e. The molecule has 1 unspecified atom stereocenters. The lowest BCUT2D eigenvalue weighted by molar-refractivity contribution is -0.116. The Labute approximate surface area is 179 Å². The molecule has 1 aliphatic rings. The average Bonchev–Trinajstić information content (AvgIpc) is 3.20. The highest BCUT2D eigenvalue weighted by Gasteiger charge is 2.24. The molecule has 0 radical (unpaired) electrons. The van der Waals surface area contributed by atoms with Crippen molar-refractivity contribution in [3.63, 3.8) is 0 Å². The summed E-state index contributed by atoms with van der Waals surface area (Å²) in [5.74, 6) is 1.23. The van der Waals surface area contributed by atoms with E-state index in [2.05, 4.69) is 61.2 Å². The second kappa shape index (κ2) is 11.3. The van der Waals surface area contributed by atoms with Crippen molar-refractivity contribution in [2.24, 2.45) is 4.99 Å². The van der Waals surface area contributed by atoms with Gasteiger partial charge in [0, 0.05) is 45.3 Å². The van der Waals surface area contributed by atoms with Crippen LogP contribution in [-0.2, 0) is 11.3 Å². The maximum atomic E-state index is 12.1. The zero-order chi connectivity index (χ0) is 21.2. The van der Waals surface area contributed by atoms with Crippen LogP contribution in [0.1, 0.15) is 30.4 Å². The molecule has 2 aromatic rings. The number of pyridine rings is 1. The standard InChI is InChI=1S/C23H32N6O/c1-18-10-11-21(26-15-18)28-22(30)12-13-25-23(24-2)27-16-20-9-6-14-29(20)17-19-7-4-3-5-8-19/h3-5,7-8,10-11,15,20H,6,9,12-14,16-17H2,1-2H3,(H2,24,25,27)(H,26,28,30). The normalized spacial score (nSPS) is 17.0. The Balaban J connectivity index is 1.37. The van der Waals surface area contributed by atoms with Gasteiger partial charge in [0.25, 0.3) is 0 Å². The predicted molar refractivity (Wildman–Crippen MR) is 121 cm³/mol. The van der Waals surface area contributed by atoms with E-state index in [9.17, 15) is 4.79 Å². The van der Waals surface area contributed by atoms with Crippen molar-refractivity contribution in [3.05, 3.63) is 59.8 Å². The van der Waals surface area contributed by atoms with E-state index < -0.39 is 0 Å². The van der Waals surface area contributed by atoms with Gasteiger partial charge >= 0.3 is 0 Å². The summed E-state index contributed by atoms with van der Waals surface area (Å²) >= 11 is 0. The second-order valence-electron chi connectivity index (χ2n) is 7.65.